The van der Waals surface area contributed by atoms with Gasteiger partial charge >= 0.3 is 18.2 Å². The lowest BCUT2D eigenvalue weighted by Crippen LogP contribution is -2.53. The van der Waals surface area contributed by atoms with Crippen LogP contribution in [0.2, 0.25) is 0 Å². The number of halogens is 2. The van der Waals surface area contributed by atoms with E-state index in [2.05, 4.69) is 15.6 Å². The Bertz CT molecular complexity index is 1120. The molecule has 2 rings (SSSR count). The van der Waals surface area contributed by atoms with E-state index in [9.17, 15) is 28.0 Å². The fourth-order valence-electron chi connectivity index (χ4n) is 2.65. The zero-order valence-corrected chi connectivity index (χ0v) is 20.2. The number of hydrazine groups is 1. The Kier molecular flexibility index (Phi) is 9.05. The molecule has 0 unspecified atom stereocenters. The van der Waals surface area contributed by atoms with E-state index in [1.807, 2.05) is 0 Å². The highest BCUT2D eigenvalue weighted by Crippen LogP contribution is 2.20. The second-order valence-electron chi connectivity index (χ2n) is 8.23. The largest absolute Gasteiger partial charge is 0.463 e. The molecule has 0 aliphatic carbocycles. The van der Waals surface area contributed by atoms with Crippen molar-refractivity contribution in [2.24, 2.45) is 0 Å². The van der Waals surface area contributed by atoms with Crippen LogP contribution in [0.15, 0.2) is 17.5 Å². The van der Waals surface area contributed by atoms with Crippen molar-refractivity contribution in [3.8, 4) is 0 Å². The van der Waals surface area contributed by atoms with Crippen LogP contribution in [0.25, 0.3) is 0 Å². The highest BCUT2D eigenvalue weighted by molar-refractivity contribution is 7.13. The topological polar surface area (TPSA) is 150 Å². The molecule has 0 radical (unpaired) electrons. The van der Waals surface area contributed by atoms with Crippen molar-refractivity contribution in [1.29, 1.82) is 0 Å². The number of hydrogen-bond acceptors (Lipinski definition) is 7. The third-order valence-corrected chi connectivity index (χ3v) is 4.95. The summed E-state index contributed by atoms with van der Waals surface area (Å²) in [4.78, 5) is 50.4. The van der Waals surface area contributed by atoms with Crippen molar-refractivity contribution in [1.82, 2.24) is 20.7 Å². The number of anilines is 1. The molecule has 4 N–H and O–H groups in total. The second kappa shape index (κ2) is 11.6. The molecule has 5 amide bonds. The number of carboxylic acid groups (broad SMARTS) is 1. The summed E-state index contributed by atoms with van der Waals surface area (Å²) in [6.45, 7) is 5.38. The SMILES string of the molecule is CC(=O)Nc1nc(CCc2ccc(CNC(=O)NN(C(=O)O)C(=O)OC(C)(C)C)c(F)c2F)cs1. The molecule has 0 saturated heterocycles. The van der Waals surface area contributed by atoms with E-state index in [4.69, 9.17) is 9.84 Å². The molecule has 190 valence electrons. The van der Waals surface area contributed by atoms with Crippen molar-refractivity contribution >= 4 is 40.6 Å². The highest BCUT2D eigenvalue weighted by Gasteiger charge is 2.29. The van der Waals surface area contributed by atoms with E-state index in [0.717, 1.165) is 0 Å². The van der Waals surface area contributed by atoms with Crippen LogP contribution in [0.1, 0.15) is 44.5 Å². The van der Waals surface area contributed by atoms with Gasteiger partial charge in [-0.05, 0) is 39.2 Å². The van der Waals surface area contributed by atoms with E-state index in [0.29, 0.717) is 17.2 Å². The minimum Gasteiger partial charge on any atom is -0.463 e. The lowest BCUT2D eigenvalue weighted by atomic mass is 10.0. The number of hydrogen-bond donors (Lipinski definition) is 4. The Morgan fingerprint density at radius 3 is 2.34 bits per heavy atom. The van der Waals surface area contributed by atoms with Gasteiger partial charge in [0.15, 0.2) is 16.8 Å². The number of aromatic nitrogens is 1. The van der Waals surface area contributed by atoms with E-state index >= 15 is 0 Å². The molecule has 0 fully saturated rings. The minimum atomic E-state index is -1.81. The molecule has 35 heavy (non-hydrogen) atoms. The van der Waals surface area contributed by atoms with Crippen LogP contribution in [-0.2, 0) is 28.9 Å². The zero-order valence-electron chi connectivity index (χ0n) is 19.4. The zero-order chi connectivity index (χ0) is 26.3. The van der Waals surface area contributed by atoms with Crippen LogP contribution < -0.4 is 16.1 Å². The number of nitrogens with one attached hydrogen (secondary N) is 3. The van der Waals surface area contributed by atoms with Crippen LogP contribution in [0.4, 0.5) is 28.3 Å². The van der Waals surface area contributed by atoms with E-state index in [1.54, 1.807) is 10.8 Å². The molecule has 0 aliphatic rings. The monoisotopic (exact) mass is 513 g/mol. The summed E-state index contributed by atoms with van der Waals surface area (Å²) in [7, 11) is 0. The second-order valence-corrected chi connectivity index (χ2v) is 9.09. The van der Waals surface area contributed by atoms with Gasteiger partial charge in [0.1, 0.15) is 5.60 Å². The van der Waals surface area contributed by atoms with Crippen LogP contribution in [0, 0.1) is 11.6 Å². The van der Waals surface area contributed by atoms with Crippen molar-refractivity contribution < 1.29 is 37.8 Å². The number of aryl methyl sites for hydroxylation is 2. The number of amides is 5. The summed E-state index contributed by atoms with van der Waals surface area (Å²) in [6.07, 6.45) is -2.70. The van der Waals surface area contributed by atoms with Crippen LogP contribution >= 0.6 is 11.3 Å². The maximum absolute atomic E-state index is 14.5. The van der Waals surface area contributed by atoms with E-state index < -0.39 is 42.0 Å². The maximum Gasteiger partial charge on any atom is 0.439 e. The van der Waals surface area contributed by atoms with Gasteiger partial charge in [-0.2, -0.15) is 0 Å². The van der Waals surface area contributed by atoms with Gasteiger partial charge in [0.25, 0.3) is 0 Å². The number of nitrogens with zero attached hydrogens (tertiary/aromatic N) is 2. The average molecular weight is 514 g/mol. The van der Waals surface area contributed by atoms with Gasteiger partial charge in [-0.15, -0.1) is 16.3 Å². The van der Waals surface area contributed by atoms with Gasteiger partial charge in [-0.25, -0.2) is 33.6 Å². The molecule has 0 atom stereocenters. The molecule has 2 aromatic rings. The Morgan fingerprint density at radius 1 is 1.11 bits per heavy atom. The van der Waals surface area contributed by atoms with Gasteiger partial charge < -0.3 is 20.5 Å². The Hall–Kier alpha value is -3.81. The van der Waals surface area contributed by atoms with Crippen LogP contribution in [0.5, 0.6) is 0 Å². The van der Waals surface area contributed by atoms with Gasteiger partial charge in [0.2, 0.25) is 5.91 Å². The standard InChI is InChI=1S/C21H25F2N5O6S/c1-11(29)25-18-26-14(10-35-18)8-7-12-5-6-13(16(23)15(12)22)9-24-17(30)27-28(19(31)32)20(33)34-21(2,3)4/h5-6,10H,7-9H2,1-4H3,(H,31,32)(H2,24,27,30)(H,25,26,29). The first-order chi connectivity index (χ1) is 16.3. The molecule has 0 saturated carbocycles. The number of imide groups is 1. The first-order valence-corrected chi connectivity index (χ1v) is 11.1. The van der Waals surface area contributed by atoms with Gasteiger partial charge in [-0.3, -0.25) is 4.79 Å². The normalized spacial score (nSPS) is 10.9. The molecule has 0 aliphatic heterocycles. The first kappa shape index (κ1) is 27.4. The molecule has 11 nitrogen and oxygen atoms in total. The van der Waals surface area contributed by atoms with E-state index in [1.165, 1.54) is 51.2 Å². The Labute approximate surface area is 203 Å². The van der Waals surface area contributed by atoms with E-state index in [-0.39, 0.29) is 28.5 Å². The predicted molar refractivity (Wildman–Crippen MR) is 122 cm³/mol. The van der Waals surface area contributed by atoms with Crippen molar-refractivity contribution in [3.05, 3.63) is 46.0 Å². The highest BCUT2D eigenvalue weighted by atomic mass is 32.1. The average Bonchev–Trinajstić information content (AvgIpc) is 3.17. The molecule has 1 aromatic carbocycles. The Balaban J connectivity index is 1.96. The molecule has 1 aromatic heterocycles. The smallest absolute Gasteiger partial charge is 0.439 e. The number of ether oxygens (including phenoxy) is 1. The maximum atomic E-state index is 14.5. The van der Waals surface area contributed by atoms with Crippen LogP contribution in [-0.4, -0.2) is 44.8 Å². The number of carbonyl (C=O) groups is 4. The van der Waals surface area contributed by atoms with Crippen molar-refractivity contribution in [3.63, 3.8) is 0 Å². The Morgan fingerprint density at radius 2 is 1.74 bits per heavy atom. The number of rotatable bonds is 6. The number of benzene rings is 1. The number of thiazole rings is 1. The fourth-order valence-corrected chi connectivity index (χ4v) is 3.44. The molecule has 14 heteroatoms. The van der Waals surface area contributed by atoms with Gasteiger partial charge in [0, 0.05) is 24.4 Å². The van der Waals surface area contributed by atoms with Crippen molar-refractivity contribution in [2.75, 3.05) is 5.32 Å². The summed E-state index contributed by atoms with van der Waals surface area (Å²) in [5, 5.41) is 15.8. The number of urea groups is 1. The quantitative estimate of drug-likeness (QED) is 0.429. The third kappa shape index (κ3) is 8.48. The summed E-state index contributed by atoms with van der Waals surface area (Å²) < 4.78 is 33.9. The van der Waals surface area contributed by atoms with Crippen LogP contribution in [0.3, 0.4) is 0 Å². The third-order valence-electron chi connectivity index (χ3n) is 4.15. The summed E-state index contributed by atoms with van der Waals surface area (Å²) in [6, 6.07) is 1.49. The number of carbonyl (C=O) groups excluding carboxylic acids is 3. The lowest BCUT2D eigenvalue weighted by Gasteiger charge is -2.24. The summed E-state index contributed by atoms with van der Waals surface area (Å²) in [5.41, 5.74) is 1.25. The minimum absolute atomic E-state index is 0.0730. The molecule has 0 bridgehead atoms. The first-order valence-electron chi connectivity index (χ1n) is 10.2. The summed E-state index contributed by atoms with van der Waals surface area (Å²) >= 11 is 1.22. The fraction of sp³-hybridized carbons (Fsp3) is 0.381. The van der Waals surface area contributed by atoms with Crippen molar-refractivity contribution in [2.45, 2.75) is 52.7 Å². The molecular weight excluding hydrogens is 488 g/mol. The van der Waals surface area contributed by atoms with Gasteiger partial charge in [-0.1, -0.05) is 12.1 Å². The summed E-state index contributed by atoms with van der Waals surface area (Å²) in [5.74, 6) is -2.54. The lowest BCUT2D eigenvalue weighted by molar-refractivity contribution is -0.114. The molecule has 1 heterocycles. The molecule has 0 spiro atoms. The van der Waals surface area contributed by atoms with Gasteiger partial charge in [0.05, 0.1) is 5.69 Å². The molecular formula is C21H25F2N5O6S. The predicted octanol–water partition coefficient (Wildman–Crippen LogP) is 3.79.